The number of ether oxygens (including phenoxy) is 2. The van der Waals surface area contributed by atoms with Crippen molar-refractivity contribution in [3.63, 3.8) is 0 Å². The molecule has 0 heterocycles. The van der Waals surface area contributed by atoms with Gasteiger partial charge >= 0.3 is 11.9 Å². The molecule has 1 aromatic rings. The second-order valence-electron chi connectivity index (χ2n) is 7.41. The molecular formula is C22H29NO5. The summed E-state index contributed by atoms with van der Waals surface area (Å²) in [6, 6.07) is 6.73. The first-order valence-electron chi connectivity index (χ1n) is 9.69. The maximum absolute atomic E-state index is 12.3. The van der Waals surface area contributed by atoms with Gasteiger partial charge in [-0.15, -0.1) is 0 Å². The largest absolute Gasteiger partial charge is 0.465 e. The average Bonchev–Trinajstić information content (AvgIpc) is 2.69. The smallest absolute Gasteiger partial charge is 0.337 e. The average molecular weight is 387 g/mol. The van der Waals surface area contributed by atoms with Crippen LogP contribution in [0.3, 0.4) is 0 Å². The Kier molecular flexibility index (Phi) is 7.79. The Morgan fingerprint density at radius 1 is 1.14 bits per heavy atom. The summed E-state index contributed by atoms with van der Waals surface area (Å²) in [6.07, 6.45) is 5.22. The van der Waals surface area contributed by atoms with Crippen LogP contribution in [0.25, 0.3) is 6.08 Å². The van der Waals surface area contributed by atoms with Gasteiger partial charge in [0.25, 0.3) is 5.91 Å². The number of amides is 1. The van der Waals surface area contributed by atoms with Crippen LogP contribution < -0.4 is 5.32 Å². The minimum Gasteiger partial charge on any atom is -0.465 e. The van der Waals surface area contributed by atoms with Gasteiger partial charge in [-0.2, -0.15) is 0 Å². The first-order chi connectivity index (χ1) is 13.3. The number of rotatable bonds is 6. The Bertz CT molecular complexity index is 725. The molecule has 0 bridgehead atoms. The third kappa shape index (κ3) is 5.94. The molecule has 1 aromatic carbocycles. The van der Waals surface area contributed by atoms with Crippen LogP contribution in [0.2, 0.25) is 0 Å². The van der Waals surface area contributed by atoms with Crippen LogP contribution in [0, 0.1) is 11.8 Å². The van der Waals surface area contributed by atoms with E-state index in [9.17, 15) is 14.4 Å². The molecule has 0 spiro atoms. The molecule has 1 saturated carbocycles. The molecular weight excluding hydrogens is 358 g/mol. The number of carbonyl (C=O) groups is 3. The van der Waals surface area contributed by atoms with Gasteiger partial charge < -0.3 is 14.8 Å². The Balaban J connectivity index is 1.85. The van der Waals surface area contributed by atoms with Crippen LogP contribution in [-0.2, 0) is 19.1 Å². The predicted octanol–water partition coefficient (Wildman–Crippen LogP) is 3.36. The van der Waals surface area contributed by atoms with Crippen LogP contribution in [0.15, 0.2) is 30.3 Å². The molecule has 4 atom stereocenters. The molecule has 1 aliphatic carbocycles. The first kappa shape index (κ1) is 21.7. The predicted molar refractivity (Wildman–Crippen MR) is 106 cm³/mol. The lowest BCUT2D eigenvalue weighted by Crippen LogP contribution is -2.47. The molecule has 1 amide bonds. The molecule has 6 nitrogen and oxygen atoms in total. The van der Waals surface area contributed by atoms with Gasteiger partial charge in [0.05, 0.1) is 12.7 Å². The van der Waals surface area contributed by atoms with Crippen molar-refractivity contribution in [1.29, 1.82) is 0 Å². The van der Waals surface area contributed by atoms with Crippen molar-refractivity contribution < 1.29 is 23.9 Å². The Morgan fingerprint density at radius 2 is 1.82 bits per heavy atom. The van der Waals surface area contributed by atoms with E-state index in [1.165, 1.54) is 19.6 Å². The molecule has 1 fully saturated rings. The van der Waals surface area contributed by atoms with Gasteiger partial charge in [0, 0.05) is 12.1 Å². The number of esters is 2. The highest BCUT2D eigenvalue weighted by molar-refractivity contribution is 5.91. The van der Waals surface area contributed by atoms with E-state index >= 15 is 0 Å². The maximum Gasteiger partial charge on any atom is 0.337 e. The summed E-state index contributed by atoms with van der Waals surface area (Å²) in [7, 11) is 1.32. The van der Waals surface area contributed by atoms with E-state index in [0.29, 0.717) is 17.4 Å². The number of hydrogen-bond donors (Lipinski definition) is 1. The first-order valence-corrected chi connectivity index (χ1v) is 9.69. The zero-order valence-corrected chi connectivity index (χ0v) is 16.9. The van der Waals surface area contributed by atoms with Crippen molar-refractivity contribution in [3.8, 4) is 0 Å². The molecule has 28 heavy (non-hydrogen) atoms. The van der Waals surface area contributed by atoms with Crippen LogP contribution >= 0.6 is 0 Å². The Hall–Kier alpha value is -2.63. The zero-order chi connectivity index (χ0) is 20.7. The molecule has 152 valence electrons. The molecule has 2 rings (SSSR count). The van der Waals surface area contributed by atoms with Crippen LogP contribution in [0.1, 0.15) is 56.0 Å². The molecule has 0 saturated heterocycles. The number of carbonyl (C=O) groups excluding carboxylic acids is 3. The minimum absolute atomic E-state index is 0.126. The van der Waals surface area contributed by atoms with Crippen LogP contribution in [0.4, 0.5) is 0 Å². The standard InChI is InChI=1S/C22H29NO5/c1-14-6-5-7-19(15(14)2)23-21(25)16(3)28-20(24)13-10-17-8-11-18(12-9-17)22(26)27-4/h8-16,19H,5-7H2,1-4H3,(H,23,25)/b13-10+/t14-,15-,16-,19+/m1/s1. The van der Waals surface area contributed by atoms with Gasteiger partial charge in [-0.3, -0.25) is 4.79 Å². The summed E-state index contributed by atoms with van der Waals surface area (Å²) < 4.78 is 9.84. The highest BCUT2D eigenvalue weighted by Crippen LogP contribution is 2.29. The quantitative estimate of drug-likeness (QED) is 0.598. The second kappa shape index (κ2) is 10.1. The molecule has 0 aromatic heterocycles. The Morgan fingerprint density at radius 3 is 2.46 bits per heavy atom. The SMILES string of the molecule is COC(=O)c1ccc(/C=C/C(=O)O[C@H](C)C(=O)N[C@H]2CCC[C@@H](C)[C@H]2C)cc1. The number of nitrogens with one attached hydrogen (secondary N) is 1. The molecule has 0 aliphatic heterocycles. The fraction of sp³-hybridized carbons (Fsp3) is 0.500. The third-order valence-electron chi connectivity index (χ3n) is 5.44. The van der Waals surface area contributed by atoms with Crippen LogP contribution in [-0.4, -0.2) is 37.1 Å². The number of methoxy groups -OCH3 is 1. The summed E-state index contributed by atoms with van der Waals surface area (Å²) in [5.41, 5.74) is 1.16. The minimum atomic E-state index is -0.858. The highest BCUT2D eigenvalue weighted by atomic mass is 16.5. The third-order valence-corrected chi connectivity index (χ3v) is 5.44. The number of hydrogen-bond acceptors (Lipinski definition) is 5. The van der Waals surface area contributed by atoms with Crippen molar-refractivity contribution in [2.45, 2.75) is 52.2 Å². The van der Waals surface area contributed by atoms with Gasteiger partial charge in [-0.1, -0.05) is 38.8 Å². The fourth-order valence-electron chi connectivity index (χ4n) is 3.37. The van der Waals surface area contributed by atoms with Gasteiger partial charge in [-0.25, -0.2) is 9.59 Å². The van der Waals surface area contributed by atoms with E-state index in [-0.39, 0.29) is 11.9 Å². The summed E-state index contributed by atoms with van der Waals surface area (Å²) in [5.74, 6) is -0.296. The van der Waals surface area contributed by atoms with Crippen molar-refractivity contribution >= 4 is 23.9 Å². The van der Waals surface area contributed by atoms with E-state index in [1.807, 2.05) is 0 Å². The lowest BCUT2D eigenvalue weighted by Gasteiger charge is -2.35. The zero-order valence-electron chi connectivity index (χ0n) is 16.9. The van der Waals surface area contributed by atoms with E-state index in [0.717, 1.165) is 18.4 Å². The fourth-order valence-corrected chi connectivity index (χ4v) is 3.37. The molecule has 1 N–H and O–H groups in total. The van der Waals surface area contributed by atoms with Gasteiger partial charge in [0.2, 0.25) is 0 Å². The monoisotopic (exact) mass is 387 g/mol. The Labute approximate surface area is 166 Å². The summed E-state index contributed by atoms with van der Waals surface area (Å²) in [5, 5.41) is 3.02. The van der Waals surface area contributed by atoms with Crippen molar-refractivity contribution in [2.24, 2.45) is 11.8 Å². The molecule has 0 radical (unpaired) electrons. The van der Waals surface area contributed by atoms with Crippen molar-refractivity contribution in [3.05, 3.63) is 41.5 Å². The van der Waals surface area contributed by atoms with Crippen LogP contribution in [0.5, 0.6) is 0 Å². The highest BCUT2D eigenvalue weighted by Gasteiger charge is 2.29. The van der Waals surface area contributed by atoms with E-state index in [2.05, 4.69) is 23.9 Å². The lowest BCUT2D eigenvalue weighted by molar-refractivity contribution is -0.150. The molecule has 0 unspecified atom stereocenters. The lowest BCUT2D eigenvalue weighted by atomic mass is 9.78. The van der Waals surface area contributed by atoms with E-state index < -0.39 is 18.0 Å². The summed E-state index contributed by atoms with van der Waals surface area (Å²) >= 11 is 0. The molecule has 1 aliphatic rings. The van der Waals surface area contributed by atoms with E-state index in [4.69, 9.17) is 4.74 Å². The number of benzene rings is 1. The van der Waals surface area contributed by atoms with Gasteiger partial charge in [-0.05, 0) is 49.0 Å². The van der Waals surface area contributed by atoms with E-state index in [1.54, 1.807) is 37.3 Å². The van der Waals surface area contributed by atoms with Gasteiger partial charge in [0.15, 0.2) is 6.10 Å². The maximum atomic E-state index is 12.3. The van der Waals surface area contributed by atoms with Crippen molar-refractivity contribution in [2.75, 3.05) is 7.11 Å². The second-order valence-corrected chi connectivity index (χ2v) is 7.41. The molecule has 6 heteroatoms. The normalized spacial score (nSPS) is 23.1. The van der Waals surface area contributed by atoms with Crippen molar-refractivity contribution in [1.82, 2.24) is 5.32 Å². The summed E-state index contributed by atoms with van der Waals surface area (Å²) in [4.78, 5) is 35.7. The topological polar surface area (TPSA) is 81.7 Å². The van der Waals surface area contributed by atoms with Gasteiger partial charge in [0.1, 0.15) is 0 Å². The summed E-state index contributed by atoms with van der Waals surface area (Å²) in [6.45, 7) is 5.93.